The van der Waals surface area contributed by atoms with E-state index >= 15 is 0 Å². The molecule has 0 unspecified atom stereocenters. The quantitative estimate of drug-likeness (QED) is 0.370. The van der Waals surface area contributed by atoms with Crippen molar-refractivity contribution in [3.05, 3.63) is 0 Å². The Kier molecular flexibility index (Phi) is 11.5. The minimum absolute atomic E-state index is 0.683. The zero-order valence-electron chi connectivity index (χ0n) is 15.6. The second-order valence-electron chi connectivity index (χ2n) is 7.15. The van der Waals surface area contributed by atoms with Crippen molar-refractivity contribution in [3.8, 4) is 0 Å². The minimum atomic E-state index is 0.683. The van der Waals surface area contributed by atoms with Gasteiger partial charge >= 0.3 is 0 Å². The first-order chi connectivity index (χ1) is 10.8. The Morgan fingerprint density at radius 1 is 0.909 bits per heavy atom. The first kappa shape index (κ1) is 19.5. The van der Waals surface area contributed by atoms with Crippen molar-refractivity contribution in [1.82, 2.24) is 4.90 Å². The second-order valence-corrected chi connectivity index (χ2v) is 7.15. The summed E-state index contributed by atoms with van der Waals surface area (Å²) in [6, 6.07) is 0.683. The summed E-state index contributed by atoms with van der Waals surface area (Å²) in [6.45, 7) is 9.10. The SMILES string of the molecule is CCCCCCCCCCCCC[C@H](C)N1CCCN=C1C. The van der Waals surface area contributed by atoms with E-state index in [0.29, 0.717) is 6.04 Å². The predicted octanol–water partition coefficient (Wildman–Crippen LogP) is 6.20. The van der Waals surface area contributed by atoms with Gasteiger partial charge in [0, 0.05) is 19.1 Å². The Hall–Kier alpha value is -0.530. The van der Waals surface area contributed by atoms with Crippen molar-refractivity contribution in [2.45, 2.75) is 110 Å². The van der Waals surface area contributed by atoms with Gasteiger partial charge in [-0.2, -0.15) is 0 Å². The van der Waals surface area contributed by atoms with E-state index < -0.39 is 0 Å². The van der Waals surface area contributed by atoms with Crippen LogP contribution in [0.4, 0.5) is 0 Å². The van der Waals surface area contributed by atoms with Crippen LogP contribution in [-0.2, 0) is 0 Å². The van der Waals surface area contributed by atoms with E-state index in [1.54, 1.807) is 0 Å². The molecule has 0 spiro atoms. The highest BCUT2D eigenvalue weighted by Gasteiger charge is 2.16. The summed E-state index contributed by atoms with van der Waals surface area (Å²) in [5, 5.41) is 0. The fourth-order valence-corrected chi connectivity index (χ4v) is 3.53. The molecule has 0 N–H and O–H groups in total. The summed E-state index contributed by atoms with van der Waals surface area (Å²) >= 11 is 0. The van der Waals surface area contributed by atoms with Crippen LogP contribution in [0.2, 0.25) is 0 Å². The third-order valence-corrected chi connectivity index (χ3v) is 5.07. The average molecular weight is 309 g/mol. The highest BCUT2D eigenvalue weighted by Crippen LogP contribution is 2.16. The van der Waals surface area contributed by atoms with Gasteiger partial charge in [-0.3, -0.25) is 4.99 Å². The maximum absolute atomic E-state index is 4.58. The molecule has 1 heterocycles. The number of aliphatic imine (C=N–C) groups is 1. The Bertz CT molecular complexity index is 285. The van der Waals surface area contributed by atoms with Gasteiger partial charge in [-0.1, -0.05) is 77.6 Å². The molecule has 0 saturated heterocycles. The molecule has 0 aromatic heterocycles. The molecule has 0 amide bonds. The van der Waals surface area contributed by atoms with Crippen LogP contribution in [-0.4, -0.2) is 29.9 Å². The Morgan fingerprint density at radius 2 is 1.45 bits per heavy atom. The van der Waals surface area contributed by atoms with Crippen LogP contribution in [0.5, 0.6) is 0 Å². The zero-order chi connectivity index (χ0) is 16.0. The lowest BCUT2D eigenvalue weighted by Crippen LogP contribution is -2.40. The van der Waals surface area contributed by atoms with Gasteiger partial charge in [-0.05, 0) is 26.7 Å². The molecular weight excluding hydrogens is 268 g/mol. The molecule has 0 radical (unpaired) electrons. The average Bonchev–Trinajstić information content (AvgIpc) is 2.53. The number of hydrogen-bond acceptors (Lipinski definition) is 2. The summed E-state index contributed by atoms with van der Waals surface area (Å²) in [5.74, 6) is 1.27. The molecule has 0 aliphatic carbocycles. The predicted molar refractivity (Wildman–Crippen MR) is 99.8 cm³/mol. The number of amidine groups is 1. The highest BCUT2D eigenvalue weighted by molar-refractivity contribution is 5.80. The molecule has 2 heteroatoms. The molecule has 0 saturated carbocycles. The second kappa shape index (κ2) is 13.0. The molecule has 2 nitrogen and oxygen atoms in total. The topological polar surface area (TPSA) is 15.6 Å². The minimum Gasteiger partial charge on any atom is -0.358 e. The van der Waals surface area contributed by atoms with E-state index in [-0.39, 0.29) is 0 Å². The van der Waals surface area contributed by atoms with Crippen LogP contribution in [0.1, 0.15) is 104 Å². The monoisotopic (exact) mass is 308 g/mol. The lowest BCUT2D eigenvalue weighted by atomic mass is 10.0. The van der Waals surface area contributed by atoms with Crippen molar-refractivity contribution in [2.75, 3.05) is 13.1 Å². The molecule has 22 heavy (non-hydrogen) atoms. The fourth-order valence-electron chi connectivity index (χ4n) is 3.53. The summed E-state index contributed by atoms with van der Waals surface area (Å²) in [4.78, 5) is 7.09. The number of hydrogen-bond donors (Lipinski definition) is 0. The fraction of sp³-hybridized carbons (Fsp3) is 0.950. The summed E-state index contributed by atoms with van der Waals surface area (Å²) < 4.78 is 0. The Balaban J connectivity index is 1.89. The van der Waals surface area contributed by atoms with Gasteiger partial charge < -0.3 is 4.90 Å². The third kappa shape index (κ3) is 8.80. The Morgan fingerprint density at radius 3 is 2.00 bits per heavy atom. The smallest absolute Gasteiger partial charge is 0.0959 e. The molecule has 130 valence electrons. The van der Waals surface area contributed by atoms with Crippen molar-refractivity contribution < 1.29 is 0 Å². The van der Waals surface area contributed by atoms with Crippen LogP contribution < -0.4 is 0 Å². The number of rotatable bonds is 13. The van der Waals surface area contributed by atoms with Crippen LogP contribution in [0.25, 0.3) is 0 Å². The molecule has 1 aliphatic heterocycles. The van der Waals surface area contributed by atoms with Crippen LogP contribution in [0.3, 0.4) is 0 Å². The van der Waals surface area contributed by atoms with Crippen LogP contribution in [0, 0.1) is 0 Å². The molecule has 1 atom stereocenters. The maximum Gasteiger partial charge on any atom is 0.0959 e. The zero-order valence-corrected chi connectivity index (χ0v) is 15.6. The van der Waals surface area contributed by atoms with Crippen molar-refractivity contribution in [3.63, 3.8) is 0 Å². The van der Waals surface area contributed by atoms with E-state index in [0.717, 1.165) is 6.54 Å². The normalized spacial score (nSPS) is 16.7. The summed E-state index contributed by atoms with van der Waals surface area (Å²) in [6.07, 6.45) is 18.4. The van der Waals surface area contributed by atoms with E-state index in [1.807, 2.05) is 0 Å². The van der Waals surface area contributed by atoms with E-state index in [2.05, 4.69) is 30.7 Å². The molecule has 1 aliphatic rings. The molecule has 0 bridgehead atoms. The van der Waals surface area contributed by atoms with Gasteiger partial charge in [0.1, 0.15) is 0 Å². The molecule has 0 fully saturated rings. The van der Waals surface area contributed by atoms with Gasteiger partial charge in [-0.15, -0.1) is 0 Å². The number of unbranched alkanes of at least 4 members (excludes halogenated alkanes) is 10. The van der Waals surface area contributed by atoms with E-state index in [4.69, 9.17) is 0 Å². The number of nitrogens with zero attached hydrogens (tertiary/aromatic N) is 2. The molecule has 0 aromatic rings. The lowest BCUT2D eigenvalue weighted by molar-refractivity contribution is 0.291. The van der Waals surface area contributed by atoms with Crippen molar-refractivity contribution in [2.24, 2.45) is 4.99 Å². The summed E-state index contributed by atoms with van der Waals surface area (Å²) in [7, 11) is 0. The van der Waals surface area contributed by atoms with Gasteiger partial charge in [0.2, 0.25) is 0 Å². The van der Waals surface area contributed by atoms with Crippen molar-refractivity contribution >= 4 is 5.84 Å². The van der Waals surface area contributed by atoms with Gasteiger partial charge in [0.05, 0.1) is 5.84 Å². The van der Waals surface area contributed by atoms with Gasteiger partial charge in [-0.25, -0.2) is 0 Å². The Labute approximate surface area is 139 Å². The van der Waals surface area contributed by atoms with E-state index in [9.17, 15) is 0 Å². The van der Waals surface area contributed by atoms with Gasteiger partial charge in [0.25, 0.3) is 0 Å². The third-order valence-electron chi connectivity index (χ3n) is 5.07. The van der Waals surface area contributed by atoms with Crippen LogP contribution >= 0.6 is 0 Å². The van der Waals surface area contributed by atoms with Crippen molar-refractivity contribution in [1.29, 1.82) is 0 Å². The standard InChI is InChI=1S/C20H40N2/c1-4-5-6-7-8-9-10-11-12-13-14-16-19(2)22-18-15-17-21-20(22)3/h19H,4-18H2,1-3H3/t19-/m0/s1. The molecule has 1 rings (SSSR count). The highest BCUT2D eigenvalue weighted by atomic mass is 15.2. The van der Waals surface area contributed by atoms with Gasteiger partial charge in [0.15, 0.2) is 0 Å². The first-order valence-electron chi connectivity index (χ1n) is 10.0. The van der Waals surface area contributed by atoms with E-state index in [1.165, 1.54) is 95.9 Å². The largest absolute Gasteiger partial charge is 0.358 e. The lowest BCUT2D eigenvalue weighted by Gasteiger charge is -2.33. The van der Waals surface area contributed by atoms with Crippen LogP contribution in [0.15, 0.2) is 4.99 Å². The molecular formula is C20H40N2. The first-order valence-corrected chi connectivity index (χ1v) is 10.0. The molecule has 0 aromatic carbocycles. The summed E-state index contributed by atoms with van der Waals surface area (Å²) in [5.41, 5.74) is 0. The maximum atomic E-state index is 4.58.